The van der Waals surface area contributed by atoms with Crippen molar-refractivity contribution in [3.8, 4) is 5.75 Å². The van der Waals surface area contributed by atoms with Gasteiger partial charge < -0.3 is 4.74 Å². The number of nitrogens with one attached hydrogen (secondary N) is 1. The van der Waals surface area contributed by atoms with Crippen molar-refractivity contribution in [1.82, 2.24) is 4.72 Å². The molecule has 1 aromatic carbocycles. The maximum atomic E-state index is 12.0. The first-order valence-corrected chi connectivity index (χ1v) is 7.86. The number of alkyl halides is 1. The lowest BCUT2D eigenvalue weighted by Crippen LogP contribution is -2.35. The van der Waals surface area contributed by atoms with Crippen molar-refractivity contribution in [2.24, 2.45) is 0 Å². The molecule has 0 heterocycles. The molecule has 0 aromatic heterocycles. The summed E-state index contributed by atoms with van der Waals surface area (Å²) < 4.78 is 31.6. The van der Waals surface area contributed by atoms with Crippen LogP contribution in [0, 0.1) is 0 Å². The second kappa shape index (κ2) is 6.37. The highest BCUT2D eigenvalue weighted by Crippen LogP contribution is 2.16. The van der Waals surface area contributed by atoms with Gasteiger partial charge in [0.1, 0.15) is 5.75 Å². The van der Waals surface area contributed by atoms with Gasteiger partial charge >= 0.3 is 0 Å². The molecule has 0 spiro atoms. The molecule has 6 heteroatoms. The van der Waals surface area contributed by atoms with Crippen molar-refractivity contribution in [3.05, 3.63) is 24.3 Å². The highest BCUT2D eigenvalue weighted by molar-refractivity contribution is 9.09. The molecule has 0 radical (unpaired) electrons. The molecule has 0 aliphatic carbocycles. The number of sulfonamides is 1. The summed E-state index contributed by atoms with van der Waals surface area (Å²) in [5.74, 6) is 0.636. The Morgan fingerprint density at radius 1 is 1.35 bits per heavy atom. The number of ether oxygens (including phenoxy) is 1. The van der Waals surface area contributed by atoms with Crippen LogP contribution in [0.2, 0.25) is 0 Å². The highest BCUT2D eigenvalue weighted by atomic mass is 79.9. The van der Waals surface area contributed by atoms with Crippen LogP contribution in [-0.2, 0) is 10.0 Å². The van der Waals surface area contributed by atoms with E-state index >= 15 is 0 Å². The van der Waals surface area contributed by atoms with Crippen molar-refractivity contribution >= 4 is 26.0 Å². The van der Waals surface area contributed by atoms with E-state index in [1.54, 1.807) is 19.2 Å². The molecule has 0 bridgehead atoms. The first-order valence-electron chi connectivity index (χ1n) is 5.25. The minimum Gasteiger partial charge on any atom is -0.497 e. The number of benzene rings is 1. The maximum Gasteiger partial charge on any atom is 0.240 e. The molecule has 0 aliphatic heterocycles. The zero-order valence-corrected chi connectivity index (χ0v) is 12.2. The molecule has 0 aliphatic rings. The Morgan fingerprint density at radius 3 is 2.35 bits per heavy atom. The van der Waals surface area contributed by atoms with Crippen LogP contribution in [0.4, 0.5) is 0 Å². The molecule has 1 rings (SSSR count). The number of hydrogen-bond acceptors (Lipinski definition) is 3. The van der Waals surface area contributed by atoms with E-state index in [1.807, 2.05) is 6.92 Å². The van der Waals surface area contributed by atoms with Crippen LogP contribution >= 0.6 is 15.9 Å². The molecule has 17 heavy (non-hydrogen) atoms. The fourth-order valence-electron chi connectivity index (χ4n) is 1.27. The normalized spacial score (nSPS) is 13.4. The monoisotopic (exact) mass is 321 g/mol. The summed E-state index contributed by atoms with van der Waals surface area (Å²) >= 11 is 3.28. The Morgan fingerprint density at radius 2 is 1.94 bits per heavy atom. The Labute approximate surface area is 111 Å². The minimum atomic E-state index is -3.44. The first-order chi connectivity index (χ1) is 8.03. The third-order valence-electron chi connectivity index (χ3n) is 2.37. The average Bonchev–Trinajstić information content (AvgIpc) is 2.36. The lowest BCUT2D eigenvalue weighted by Gasteiger charge is -2.14. The van der Waals surface area contributed by atoms with Crippen molar-refractivity contribution in [2.75, 3.05) is 12.4 Å². The average molecular weight is 322 g/mol. The molecule has 1 atom stereocenters. The molecule has 1 unspecified atom stereocenters. The Hall–Kier alpha value is -0.590. The smallest absolute Gasteiger partial charge is 0.240 e. The van der Waals surface area contributed by atoms with E-state index in [1.165, 1.54) is 12.1 Å². The largest absolute Gasteiger partial charge is 0.497 e. The molecule has 1 N–H and O–H groups in total. The molecule has 0 saturated heterocycles. The third-order valence-corrected chi connectivity index (χ3v) is 4.69. The van der Waals surface area contributed by atoms with Crippen LogP contribution in [0.1, 0.15) is 13.3 Å². The van der Waals surface area contributed by atoms with Gasteiger partial charge in [0.05, 0.1) is 12.0 Å². The summed E-state index contributed by atoms with van der Waals surface area (Å²) in [6.45, 7) is 1.93. The number of methoxy groups -OCH3 is 1. The molecule has 0 amide bonds. The highest BCUT2D eigenvalue weighted by Gasteiger charge is 2.18. The number of halogens is 1. The van der Waals surface area contributed by atoms with Crippen LogP contribution in [0.25, 0.3) is 0 Å². The Bertz CT molecular complexity index is 440. The van der Waals surface area contributed by atoms with Gasteiger partial charge in [0.25, 0.3) is 0 Å². The van der Waals surface area contributed by atoms with Gasteiger partial charge in [0.15, 0.2) is 0 Å². The quantitative estimate of drug-likeness (QED) is 0.817. The van der Waals surface area contributed by atoms with Crippen LogP contribution in [0.3, 0.4) is 0 Å². The second-order valence-corrected chi connectivity index (χ2v) is 5.92. The third kappa shape index (κ3) is 3.97. The van der Waals surface area contributed by atoms with Gasteiger partial charge in [-0.1, -0.05) is 22.9 Å². The molecule has 1 aromatic rings. The van der Waals surface area contributed by atoms with Gasteiger partial charge in [-0.2, -0.15) is 0 Å². The molecule has 0 fully saturated rings. The zero-order chi connectivity index (χ0) is 12.9. The van der Waals surface area contributed by atoms with Crippen LogP contribution in [0.5, 0.6) is 5.75 Å². The molecule has 0 saturated carbocycles. The van der Waals surface area contributed by atoms with Crippen molar-refractivity contribution in [1.29, 1.82) is 0 Å². The predicted octanol–water partition coefficient (Wildman–Crippen LogP) is 2.15. The summed E-state index contributed by atoms with van der Waals surface area (Å²) in [5, 5.41) is 0.596. The number of hydrogen-bond donors (Lipinski definition) is 1. The van der Waals surface area contributed by atoms with E-state index in [-0.39, 0.29) is 10.9 Å². The summed E-state index contributed by atoms with van der Waals surface area (Å²) in [7, 11) is -1.90. The SMILES string of the molecule is CCC(CBr)NS(=O)(=O)c1ccc(OC)cc1. The summed E-state index contributed by atoms with van der Waals surface area (Å²) in [5.41, 5.74) is 0. The van der Waals surface area contributed by atoms with Crippen molar-refractivity contribution in [3.63, 3.8) is 0 Å². The second-order valence-electron chi connectivity index (χ2n) is 3.56. The van der Waals surface area contributed by atoms with Gasteiger partial charge in [-0.05, 0) is 30.7 Å². The summed E-state index contributed by atoms with van der Waals surface area (Å²) in [6, 6.07) is 6.22. The van der Waals surface area contributed by atoms with Gasteiger partial charge in [-0.25, -0.2) is 13.1 Å². The molecular formula is C11H16BrNO3S. The molecule has 96 valence electrons. The lowest BCUT2D eigenvalue weighted by atomic mass is 10.3. The zero-order valence-electron chi connectivity index (χ0n) is 9.81. The van der Waals surface area contributed by atoms with Gasteiger partial charge in [0, 0.05) is 11.4 Å². The van der Waals surface area contributed by atoms with Crippen LogP contribution in [-0.4, -0.2) is 26.9 Å². The van der Waals surface area contributed by atoms with Crippen molar-refractivity contribution in [2.45, 2.75) is 24.3 Å². The molecular weight excluding hydrogens is 306 g/mol. The van der Waals surface area contributed by atoms with E-state index in [2.05, 4.69) is 20.7 Å². The lowest BCUT2D eigenvalue weighted by molar-refractivity contribution is 0.414. The van der Waals surface area contributed by atoms with Crippen LogP contribution in [0.15, 0.2) is 29.2 Å². The topological polar surface area (TPSA) is 55.4 Å². The van der Waals surface area contributed by atoms with E-state index in [4.69, 9.17) is 4.74 Å². The standard InChI is InChI=1S/C11H16BrNO3S/c1-3-9(8-12)13-17(14,15)11-6-4-10(16-2)5-7-11/h4-7,9,13H,3,8H2,1-2H3. The molecule has 4 nitrogen and oxygen atoms in total. The Kier molecular flexibility index (Phi) is 5.42. The van der Waals surface area contributed by atoms with E-state index in [0.29, 0.717) is 11.1 Å². The van der Waals surface area contributed by atoms with Gasteiger partial charge in [-0.15, -0.1) is 0 Å². The van der Waals surface area contributed by atoms with E-state index in [9.17, 15) is 8.42 Å². The van der Waals surface area contributed by atoms with Crippen LogP contribution < -0.4 is 9.46 Å². The van der Waals surface area contributed by atoms with E-state index in [0.717, 1.165) is 6.42 Å². The van der Waals surface area contributed by atoms with Crippen molar-refractivity contribution < 1.29 is 13.2 Å². The Balaban J connectivity index is 2.89. The fraction of sp³-hybridized carbons (Fsp3) is 0.455. The summed E-state index contributed by atoms with van der Waals surface area (Å²) in [6.07, 6.45) is 0.737. The van der Waals surface area contributed by atoms with E-state index < -0.39 is 10.0 Å². The first kappa shape index (κ1) is 14.5. The predicted molar refractivity (Wildman–Crippen MR) is 71.2 cm³/mol. The van der Waals surface area contributed by atoms with Gasteiger partial charge in [-0.3, -0.25) is 0 Å². The minimum absolute atomic E-state index is 0.0953. The van der Waals surface area contributed by atoms with Gasteiger partial charge in [0.2, 0.25) is 10.0 Å². The fourth-order valence-corrected chi connectivity index (χ4v) is 3.42. The number of rotatable bonds is 6. The summed E-state index contributed by atoms with van der Waals surface area (Å²) in [4.78, 5) is 0.248. The maximum absolute atomic E-state index is 12.0.